The quantitative estimate of drug-likeness (QED) is 0.492. The second-order valence-electron chi connectivity index (χ2n) is 5.87. The molecule has 3 rings (SSSR count). The maximum Gasteiger partial charge on any atom is 0.238 e. The third kappa shape index (κ3) is 5.69. The monoisotopic (exact) mass is 397 g/mol. The first-order chi connectivity index (χ1) is 12.2. The van der Waals surface area contributed by atoms with E-state index in [-0.39, 0.29) is 17.8 Å². The molecule has 1 saturated carbocycles. The van der Waals surface area contributed by atoms with Crippen LogP contribution in [0.3, 0.4) is 0 Å². The third-order valence-electron chi connectivity index (χ3n) is 3.66. The van der Waals surface area contributed by atoms with E-state index in [4.69, 9.17) is 0 Å². The van der Waals surface area contributed by atoms with Crippen molar-refractivity contribution in [1.29, 1.82) is 0 Å². The van der Waals surface area contributed by atoms with Crippen molar-refractivity contribution < 1.29 is 9.18 Å². The van der Waals surface area contributed by atoms with E-state index in [2.05, 4.69) is 22.4 Å². The number of halogens is 1. The number of hydrogen-bond donors (Lipinski definition) is 1. The van der Waals surface area contributed by atoms with Gasteiger partial charge in [-0.15, -0.1) is 10.2 Å². The summed E-state index contributed by atoms with van der Waals surface area (Å²) >= 11 is 4.59. The van der Waals surface area contributed by atoms with Gasteiger partial charge >= 0.3 is 0 Å². The number of carbonyl (C=O) groups is 1. The summed E-state index contributed by atoms with van der Waals surface area (Å²) in [7, 11) is 0. The Balaban J connectivity index is 1.70. The molecule has 1 unspecified atom stereocenters. The van der Waals surface area contributed by atoms with E-state index in [0.29, 0.717) is 0 Å². The Kier molecular flexibility index (Phi) is 6.72. The van der Waals surface area contributed by atoms with Crippen LogP contribution < -0.4 is 5.32 Å². The predicted octanol–water partition coefficient (Wildman–Crippen LogP) is 4.68. The van der Waals surface area contributed by atoms with Crippen LogP contribution in [0.2, 0.25) is 0 Å². The standard InChI is InChI=1S/C17H20FN3OS3/c1-2-3-10-23-16-20-21-17(25-16)24-14(15(22)19-13-8-9-13)11-4-6-12(18)7-5-11/h4-7,13-14H,2-3,8-10H2,1H3,(H,19,22). The molecule has 1 aliphatic rings. The van der Waals surface area contributed by atoms with Crippen LogP contribution in [0.25, 0.3) is 0 Å². The van der Waals surface area contributed by atoms with Gasteiger partial charge in [-0.25, -0.2) is 4.39 Å². The van der Waals surface area contributed by atoms with Crippen LogP contribution in [0.4, 0.5) is 4.39 Å². The number of amides is 1. The molecule has 1 amide bonds. The maximum atomic E-state index is 13.2. The summed E-state index contributed by atoms with van der Waals surface area (Å²) in [5, 5.41) is 11.0. The number of carbonyl (C=O) groups excluding carboxylic acids is 1. The van der Waals surface area contributed by atoms with Crippen molar-refractivity contribution in [2.24, 2.45) is 0 Å². The van der Waals surface area contributed by atoms with Gasteiger partial charge in [-0.05, 0) is 37.0 Å². The van der Waals surface area contributed by atoms with E-state index in [1.807, 2.05) is 0 Å². The SMILES string of the molecule is CCCCSc1nnc(SC(C(=O)NC2CC2)c2ccc(F)cc2)s1. The molecule has 1 fully saturated rings. The summed E-state index contributed by atoms with van der Waals surface area (Å²) in [6.07, 6.45) is 4.36. The minimum Gasteiger partial charge on any atom is -0.352 e. The first kappa shape index (κ1) is 18.7. The van der Waals surface area contributed by atoms with Gasteiger partial charge in [0.25, 0.3) is 0 Å². The minimum absolute atomic E-state index is 0.0468. The number of hydrogen-bond acceptors (Lipinski definition) is 6. The molecule has 1 heterocycles. The van der Waals surface area contributed by atoms with Gasteiger partial charge in [-0.1, -0.05) is 60.3 Å². The molecule has 1 aliphatic carbocycles. The fourth-order valence-corrected chi connectivity index (χ4v) is 5.50. The normalized spacial score (nSPS) is 15.1. The van der Waals surface area contributed by atoms with E-state index < -0.39 is 5.25 Å². The van der Waals surface area contributed by atoms with Gasteiger partial charge in [0.1, 0.15) is 11.1 Å². The van der Waals surface area contributed by atoms with Crippen molar-refractivity contribution in [3.05, 3.63) is 35.6 Å². The topological polar surface area (TPSA) is 54.9 Å². The van der Waals surface area contributed by atoms with Gasteiger partial charge in [-0.3, -0.25) is 4.79 Å². The molecular weight excluding hydrogens is 377 g/mol. The van der Waals surface area contributed by atoms with E-state index in [9.17, 15) is 9.18 Å². The summed E-state index contributed by atoms with van der Waals surface area (Å²) in [6, 6.07) is 6.39. The number of nitrogens with one attached hydrogen (secondary N) is 1. The molecule has 0 radical (unpaired) electrons. The molecule has 1 N–H and O–H groups in total. The Morgan fingerprint density at radius 3 is 2.72 bits per heavy atom. The Labute approximate surface area is 159 Å². The van der Waals surface area contributed by atoms with Crippen molar-refractivity contribution in [3.63, 3.8) is 0 Å². The molecule has 25 heavy (non-hydrogen) atoms. The molecule has 1 aromatic carbocycles. The Morgan fingerprint density at radius 1 is 1.32 bits per heavy atom. The molecule has 2 aromatic rings. The average molecular weight is 398 g/mol. The number of nitrogens with zero attached hydrogens (tertiary/aromatic N) is 2. The van der Waals surface area contributed by atoms with E-state index >= 15 is 0 Å². The van der Waals surface area contributed by atoms with Crippen LogP contribution in [0.15, 0.2) is 32.9 Å². The fraction of sp³-hybridized carbons (Fsp3) is 0.471. The molecule has 4 nitrogen and oxygen atoms in total. The first-order valence-electron chi connectivity index (χ1n) is 8.34. The first-order valence-corrected chi connectivity index (χ1v) is 11.0. The number of aromatic nitrogens is 2. The summed E-state index contributed by atoms with van der Waals surface area (Å²) in [4.78, 5) is 12.6. The van der Waals surface area contributed by atoms with Gasteiger partial charge in [0.05, 0.1) is 0 Å². The van der Waals surface area contributed by atoms with Crippen molar-refractivity contribution in [2.45, 2.75) is 52.6 Å². The number of benzene rings is 1. The lowest BCUT2D eigenvalue weighted by Crippen LogP contribution is -2.29. The minimum atomic E-state index is -0.442. The van der Waals surface area contributed by atoms with Gasteiger partial charge in [-0.2, -0.15) is 0 Å². The lowest BCUT2D eigenvalue weighted by molar-refractivity contribution is -0.120. The number of unbranched alkanes of at least 4 members (excludes halogenated alkanes) is 1. The smallest absolute Gasteiger partial charge is 0.238 e. The van der Waals surface area contributed by atoms with Gasteiger partial charge in [0.15, 0.2) is 8.68 Å². The van der Waals surface area contributed by atoms with Crippen LogP contribution in [-0.4, -0.2) is 27.9 Å². The van der Waals surface area contributed by atoms with Gasteiger partial charge in [0, 0.05) is 11.8 Å². The van der Waals surface area contributed by atoms with Gasteiger partial charge < -0.3 is 5.32 Å². The second-order valence-corrected chi connectivity index (χ2v) is 9.54. The highest BCUT2D eigenvalue weighted by molar-refractivity contribution is 8.03. The molecule has 0 saturated heterocycles. The van der Waals surface area contributed by atoms with Crippen LogP contribution in [-0.2, 0) is 4.79 Å². The largest absolute Gasteiger partial charge is 0.352 e. The van der Waals surface area contributed by atoms with Crippen molar-refractivity contribution in [1.82, 2.24) is 15.5 Å². The summed E-state index contributed by atoms with van der Waals surface area (Å²) in [5.41, 5.74) is 0.778. The zero-order valence-corrected chi connectivity index (χ0v) is 16.4. The Hall–Kier alpha value is -1.12. The zero-order chi connectivity index (χ0) is 17.6. The molecule has 134 valence electrons. The molecule has 0 aliphatic heterocycles. The Bertz CT molecular complexity index is 703. The van der Waals surface area contributed by atoms with Crippen molar-refractivity contribution >= 4 is 40.8 Å². The summed E-state index contributed by atoms with van der Waals surface area (Å²) in [6.45, 7) is 2.16. The predicted molar refractivity (Wildman–Crippen MR) is 102 cm³/mol. The van der Waals surface area contributed by atoms with Gasteiger partial charge in [0.2, 0.25) is 5.91 Å². The van der Waals surface area contributed by atoms with E-state index in [0.717, 1.165) is 45.7 Å². The molecule has 0 bridgehead atoms. The van der Waals surface area contributed by atoms with E-state index in [1.165, 1.54) is 35.2 Å². The maximum absolute atomic E-state index is 13.2. The lowest BCUT2D eigenvalue weighted by Gasteiger charge is -2.15. The van der Waals surface area contributed by atoms with Crippen molar-refractivity contribution in [3.8, 4) is 0 Å². The fourth-order valence-electron chi connectivity index (χ4n) is 2.12. The molecular formula is C17H20FN3OS3. The zero-order valence-electron chi connectivity index (χ0n) is 13.9. The highest BCUT2D eigenvalue weighted by Gasteiger charge is 2.30. The molecule has 8 heteroatoms. The average Bonchev–Trinajstić information content (AvgIpc) is 3.30. The summed E-state index contributed by atoms with van der Waals surface area (Å²) in [5.74, 6) is 0.675. The highest BCUT2D eigenvalue weighted by atomic mass is 32.2. The van der Waals surface area contributed by atoms with Crippen molar-refractivity contribution in [2.75, 3.05) is 5.75 Å². The van der Waals surface area contributed by atoms with E-state index in [1.54, 1.807) is 23.9 Å². The molecule has 1 atom stereocenters. The summed E-state index contributed by atoms with van der Waals surface area (Å²) < 4.78 is 14.9. The van der Waals surface area contributed by atoms with Crippen LogP contribution in [0.5, 0.6) is 0 Å². The molecule has 0 spiro atoms. The second kappa shape index (κ2) is 9.00. The van der Waals surface area contributed by atoms with Crippen LogP contribution >= 0.6 is 34.9 Å². The lowest BCUT2D eigenvalue weighted by atomic mass is 10.1. The van der Waals surface area contributed by atoms with Crippen LogP contribution in [0, 0.1) is 5.82 Å². The number of rotatable bonds is 9. The third-order valence-corrected chi connectivity index (χ3v) is 7.15. The highest BCUT2D eigenvalue weighted by Crippen LogP contribution is 2.39. The Morgan fingerprint density at radius 2 is 2.04 bits per heavy atom. The number of thioether (sulfide) groups is 2. The molecule has 1 aromatic heterocycles. The van der Waals surface area contributed by atoms with Crippen LogP contribution in [0.1, 0.15) is 43.4 Å².